The molecule has 1 aromatic heterocycles. The topological polar surface area (TPSA) is 50.9 Å². The summed E-state index contributed by atoms with van der Waals surface area (Å²) in [4.78, 5) is 6.88. The summed E-state index contributed by atoms with van der Waals surface area (Å²) in [7, 11) is 1.68. The summed E-state index contributed by atoms with van der Waals surface area (Å²) in [5, 5.41) is 4.81. The van der Waals surface area contributed by atoms with Gasteiger partial charge in [0, 0.05) is 29.4 Å². The Morgan fingerprint density at radius 3 is 2.63 bits per heavy atom. The molecule has 0 N–H and O–H groups in total. The highest BCUT2D eigenvalue weighted by Gasteiger charge is 2.22. The van der Waals surface area contributed by atoms with Gasteiger partial charge in [0.1, 0.15) is 11.5 Å². The van der Waals surface area contributed by atoms with Crippen LogP contribution in [0.1, 0.15) is 17.0 Å². The Hall–Kier alpha value is -2.79. The monoisotopic (exact) mass is 381 g/mol. The van der Waals surface area contributed by atoms with Crippen LogP contribution in [-0.2, 0) is 6.54 Å². The molecule has 27 heavy (non-hydrogen) atoms. The molecule has 2 heterocycles. The third-order valence-electron chi connectivity index (χ3n) is 4.76. The van der Waals surface area contributed by atoms with Crippen LogP contribution in [0, 0.1) is 13.8 Å². The van der Waals surface area contributed by atoms with E-state index in [4.69, 9.17) is 20.9 Å². The highest BCUT2D eigenvalue weighted by molar-refractivity contribution is 6.30. The van der Waals surface area contributed by atoms with Gasteiger partial charge in [-0.05, 0) is 37.6 Å². The minimum absolute atomic E-state index is 0.740. The Morgan fingerprint density at radius 2 is 1.96 bits per heavy atom. The minimum Gasteiger partial charge on any atom is -0.496 e. The van der Waals surface area contributed by atoms with E-state index in [9.17, 15) is 0 Å². The molecule has 0 radical (unpaired) electrons. The molecule has 0 fully saturated rings. The third kappa shape index (κ3) is 3.30. The maximum absolute atomic E-state index is 6.00. The van der Waals surface area contributed by atoms with Crippen molar-refractivity contribution in [2.24, 2.45) is 4.99 Å². The van der Waals surface area contributed by atoms with E-state index >= 15 is 0 Å². The van der Waals surface area contributed by atoms with Crippen LogP contribution < -0.4 is 9.64 Å². The van der Waals surface area contributed by atoms with E-state index < -0.39 is 0 Å². The number of hydrogen-bond acceptors (Lipinski definition) is 5. The normalized spacial score (nSPS) is 13.0. The summed E-state index contributed by atoms with van der Waals surface area (Å²) in [5.41, 5.74) is 5.88. The zero-order chi connectivity index (χ0) is 19.0. The summed E-state index contributed by atoms with van der Waals surface area (Å²) in [6, 6.07) is 12.0. The summed E-state index contributed by atoms with van der Waals surface area (Å²) in [5.74, 6) is 1.55. The fraction of sp³-hybridized carbons (Fsp3) is 0.238. The number of benzene rings is 2. The van der Waals surface area contributed by atoms with E-state index in [1.807, 2.05) is 56.5 Å². The van der Waals surface area contributed by atoms with Gasteiger partial charge in [0.25, 0.3) is 0 Å². The number of rotatable bonds is 4. The van der Waals surface area contributed by atoms with Crippen molar-refractivity contribution in [3.8, 4) is 16.9 Å². The average molecular weight is 382 g/mol. The molecule has 3 aromatic rings. The van der Waals surface area contributed by atoms with Crippen molar-refractivity contribution in [2.45, 2.75) is 20.4 Å². The van der Waals surface area contributed by atoms with Gasteiger partial charge < -0.3 is 14.2 Å². The molecule has 4 rings (SSSR count). The van der Waals surface area contributed by atoms with E-state index in [0.717, 1.165) is 57.8 Å². The lowest BCUT2D eigenvalue weighted by atomic mass is 10.0. The number of nitrogens with zero attached hydrogens (tertiary/aromatic N) is 3. The molecule has 0 saturated heterocycles. The molecule has 1 aliphatic heterocycles. The lowest BCUT2D eigenvalue weighted by Gasteiger charge is -2.28. The van der Waals surface area contributed by atoms with Gasteiger partial charge in [0.05, 0.1) is 36.3 Å². The quantitative estimate of drug-likeness (QED) is 0.611. The van der Waals surface area contributed by atoms with Crippen molar-refractivity contribution in [3.63, 3.8) is 0 Å². The lowest BCUT2D eigenvalue weighted by molar-refractivity contribution is 0.393. The number of aryl methyl sites for hydroxylation is 2. The SMILES string of the molecule is COc1cc2c(cc1-c1c(C)noc1C)N=CCN2Cc1ccc(Cl)cc1. The zero-order valence-electron chi connectivity index (χ0n) is 15.5. The third-order valence-corrected chi connectivity index (χ3v) is 5.01. The van der Waals surface area contributed by atoms with E-state index in [0.29, 0.717) is 0 Å². The van der Waals surface area contributed by atoms with Gasteiger partial charge in [-0.15, -0.1) is 0 Å². The van der Waals surface area contributed by atoms with Gasteiger partial charge in [-0.2, -0.15) is 0 Å². The largest absolute Gasteiger partial charge is 0.496 e. The molecule has 6 heteroatoms. The molecule has 0 atom stereocenters. The number of anilines is 1. The van der Waals surface area contributed by atoms with Crippen LogP contribution in [0.25, 0.3) is 11.1 Å². The molecule has 0 bridgehead atoms. The molecule has 0 aliphatic carbocycles. The van der Waals surface area contributed by atoms with Crippen molar-refractivity contribution in [1.29, 1.82) is 0 Å². The molecule has 0 saturated carbocycles. The molecular weight excluding hydrogens is 362 g/mol. The molecule has 2 aromatic carbocycles. The fourth-order valence-corrected chi connectivity index (χ4v) is 3.57. The fourth-order valence-electron chi connectivity index (χ4n) is 3.44. The van der Waals surface area contributed by atoms with Crippen molar-refractivity contribution in [1.82, 2.24) is 5.16 Å². The van der Waals surface area contributed by atoms with Crippen molar-refractivity contribution < 1.29 is 9.26 Å². The summed E-state index contributed by atoms with van der Waals surface area (Å²) < 4.78 is 11.0. The van der Waals surface area contributed by atoms with Crippen LogP contribution in [0.3, 0.4) is 0 Å². The Labute approximate surface area is 163 Å². The van der Waals surface area contributed by atoms with E-state index in [-0.39, 0.29) is 0 Å². The smallest absolute Gasteiger partial charge is 0.141 e. The van der Waals surface area contributed by atoms with Crippen LogP contribution in [-0.4, -0.2) is 25.0 Å². The van der Waals surface area contributed by atoms with Crippen molar-refractivity contribution in [3.05, 3.63) is 58.4 Å². The highest BCUT2D eigenvalue weighted by Crippen LogP contribution is 2.43. The number of hydrogen-bond donors (Lipinski definition) is 0. The van der Waals surface area contributed by atoms with Crippen LogP contribution in [0.2, 0.25) is 5.02 Å². The molecule has 5 nitrogen and oxygen atoms in total. The summed E-state index contributed by atoms with van der Waals surface area (Å²) >= 11 is 6.00. The van der Waals surface area contributed by atoms with Crippen molar-refractivity contribution in [2.75, 3.05) is 18.6 Å². The second-order valence-electron chi connectivity index (χ2n) is 6.56. The maximum Gasteiger partial charge on any atom is 0.141 e. The molecule has 1 aliphatic rings. The van der Waals surface area contributed by atoms with Crippen LogP contribution in [0.4, 0.5) is 11.4 Å². The Morgan fingerprint density at radius 1 is 1.19 bits per heavy atom. The lowest BCUT2D eigenvalue weighted by Crippen LogP contribution is -2.26. The second kappa shape index (κ2) is 7.08. The van der Waals surface area contributed by atoms with E-state index in [2.05, 4.69) is 15.0 Å². The molecule has 0 spiro atoms. The molecule has 138 valence electrons. The number of methoxy groups -OCH3 is 1. The zero-order valence-corrected chi connectivity index (χ0v) is 16.2. The van der Waals surface area contributed by atoms with Gasteiger partial charge in [-0.1, -0.05) is 28.9 Å². The summed E-state index contributed by atoms with van der Waals surface area (Å²) in [6.45, 7) is 5.35. The molecular formula is C21H20ClN3O2. The highest BCUT2D eigenvalue weighted by atomic mass is 35.5. The Kier molecular flexibility index (Phi) is 4.62. The molecule has 0 unspecified atom stereocenters. The Bertz CT molecular complexity index is 990. The van der Waals surface area contributed by atoms with Crippen LogP contribution in [0.5, 0.6) is 5.75 Å². The number of aromatic nitrogens is 1. The van der Waals surface area contributed by atoms with Crippen LogP contribution >= 0.6 is 11.6 Å². The maximum atomic E-state index is 6.00. The van der Waals surface area contributed by atoms with Gasteiger partial charge >= 0.3 is 0 Å². The average Bonchev–Trinajstić information content (AvgIpc) is 3.01. The van der Waals surface area contributed by atoms with E-state index in [1.165, 1.54) is 5.56 Å². The predicted molar refractivity (Wildman–Crippen MR) is 109 cm³/mol. The standard InChI is InChI=1S/C21H20ClN3O2/c1-13-21(14(2)27-24-13)17-10-18-19(11-20(17)26-3)25(9-8-23-18)12-15-4-6-16(22)7-5-15/h4-8,10-11H,9,12H2,1-3H3. The van der Waals surface area contributed by atoms with E-state index in [1.54, 1.807) is 7.11 Å². The number of halogens is 1. The van der Waals surface area contributed by atoms with Crippen molar-refractivity contribution >= 4 is 29.2 Å². The Balaban J connectivity index is 1.75. The minimum atomic E-state index is 0.740. The van der Waals surface area contributed by atoms with Gasteiger partial charge in [-0.3, -0.25) is 4.99 Å². The van der Waals surface area contributed by atoms with Crippen LogP contribution in [0.15, 0.2) is 45.9 Å². The summed E-state index contributed by atoms with van der Waals surface area (Å²) in [6.07, 6.45) is 1.93. The predicted octanol–water partition coefficient (Wildman–Crippen LogP) is 5.34. The first-order valence-corrected chi connectivity index (χ1v) is 9.12. The first-order valence-electron chi connectivity index (χ1n) is 8.74. The van der Waals surface area contributed by atoms with Gasteiger partial charge in [0.2, 0.25) is 0 Å². The van der Waals surface area contributed by atoms with Gasteiger partial charge in [0.15, 0.2) is 0 Å². The van der Waals surface area contributed by atoms with Gasteiger partial charge in [-0.25, -0.2) is 0 Å². The number of aliphatic imine (C=N–C) groups is 1. The number of fused-ring (bicyclic) bond motifs is 1. The second-order valence-corrected chi connectivity index (χ2v) is 7.00. The number of ether oxygens (including phenoxy) is 1. The first kappa shape index (κ1) is 17.6. The molecule has 0 amide bonds. The first-order chi connectivity index (χ1) is 13.1.